The Labute approximate surface area is 83.5 Å². The zero-order valence-corrected chi connectivity index (χ0v) is 8.84. The third kappa shape index (κ3) is 5.44. The molecule has 13 heavy (non-hydrogen) atoms. The summed E-state index contributed by atoms with van der Waals surface area (Å²) in [6, 6.07) is 10.2. The molecule has 2 nitrogen and oxygen atoms in total. The van der Waals surface area contributed by atoms with Crippen LogP contribution < -0.4 is 5.41 Å². The molecule has 0 aromatic heterocycles. The van der Waals surface area contributed by atoms with Gasteiger partial charge in [0.25, 0.3) is 0 Å². The fraction of sp³-hybridized carbons (Fsp3) is 0.300. The van der Waals surface area contributed by atoms with Crippen molar-refractivity contribution in [1.29, 1.82) is 0 Å². The molecule has 0 bridgehead atoms. The molecule has 0 spiro atoms. The number of hydrogen-bond acceptors (Lipinski definition) is 2. The zero-order chi connectivity index (χ0) is 10.1. The molecule has 0 unspecified atom stereocenters. The number of aliphatic hydroxyl groups is 1. The highest BCUT2D eigenvalue weighted by Crippen LogP contribution is 2.03. The van der Waals surface area contributed by atoms with E-state index in [2.05, 4.69) is 12.1 Å². The number of benzene rings is 1. The molecule has 72 valence electrons. The van der Waals surface area contributed by atoms with Gasteiger partial charge in [0.2, 0.25) is 5.04 Å². The summed E-state index contributed by atoms with van der Waals surface area (Å²) in [6.45, 7) is 0. The summed E-state index contributed by atoms with van der Waals surface area (Å²) in [4.78, 5) is 0. The first-order chi connectivity index (χ1) is 6.33. The number of thioether (sulfide) groups is 1. The third-order valence-electron chi connectivity index (χ3n) is 1.48. The number of rotatable bonds is 2. The van der Waals surface area contributed by atoms with Crippen molar-refractivity contribution in [2.24, 2.45) is 0 Å². The normalized spacial score (nSPS) is 8.54. The quantitative estimate of drug-likeness (QED) is 0.532. The Bertz CT molecular complexity index is 236. The van der Waals surface area contributed by atoms with Crippen molar-refractivity contribution >= 4 is 16.8 Å². The molecule has 0 saturated heterocycles. The number of hydrogen-bond donors (Lipinski definition) is 2. The van der Waals surface area contributed by atoms with Crippen LogP contribution in [0.4, 0.5) is 0 Å². The average molecular weight is 198 g/mol. The van der Waals surface area contributed by atoms with Crippen molar-refractivity contribution in [3.05, 3.63) is 35.9 Å². The minimum atomic E-state index is 0.877. The molecule has 0 saturated carbocycles. The van der Waals surface area contributed by atoms with Crippen LogP contribution >= 0.6 is 11.8 Å². The van der Waals surface area contributed by atoms with Gasteiger partial charge in [0.05, 0.1) is 6.42 Å². The minimum Gasteiger partial charge on any atom is -0.400 e. The van der Waals surface area contributed by atoms with Crippen molar-refractivity contribution in [3.63, 3.8) is 0 Å². The fourth-order valence-electron chi connectivity index (χ4n) is 0.869. The van der Waals surface area contributed by atoms with E-state index in [1.807, 2.05) is 24.5 Å². The van der Waals surface area contributed by atoms with Gasteiger partial charge in [-0.2, -0.15) is 0 Å². The molecule has 0 radical (unpaired) electrons. The van der Waals surface area contributed by atoms with Crippen LogP contribution in [0.5, 0.6) is 0 Å². The van der Waals surface area contributed by atoms with E-state index in [1.165, 1.54) is 5.56 Å². The predicted molar refractivity (Wildman–Crippen MR) is 58.7 cm³/mol. The van der Waals surface area contributed by atoms with Gasteiger partial charge in [-0.3, -0.25) is 5.41 Å². The topological polar surface area (TPSA) is 45.8 Å². The van der Waals surface area contributed by atoms with Crippen molar-refractivity contribution < 1.29 is 10.5 Å². The van der Waals surface area contributed by atoms with E-state index in [0.717, 1.165) is 18.6 Å². The first-order valence-corrected chi connectivity index (χ1v) is 5.19. The van der Waals surface area contributed by atoms with Crippen LogP contribution in [0.2, 0.25) is 0 Å². The Balaban J connectivity index is 0.000000671. The summed E-state index contributed by atoms with van der Waals surface area (Å²) in [5.41, 5.74) is 1.28. The lowest BCUT2D eigenvalue weighted by Crippen LogP contribution is -2.38. The molecule has 1 aromatic carbocycles. The van der Waals surface area contributed by atoms with Gasteiger partial charge in [0, 0.05) is 7.11 Å². The van der Waals surface area contributed by atoms with Gasteiger partial charge in [0.15, 0.2) is 0 Å². The lowest BCUT2D eigenvalue weighted by atomic mass is 10.2. The molecule has 3 N–H and O–H groups in total. The standard InChI is InChI=1S/C9H11NS.CH4O/c1-11-9(10)7-8-5-3-2-4-6-8;1-2/h2-6,10H,7H2,1H3;2H,1H3/p+1. The van der Waals surface area contributed by atoms with Crippen LogP contribution in [0, 0.1) is 0 Å². The second-order valence-corrected chi connectivity index (χ2v) is 3.27. The van der Waals surface area contributed by atoms with E-state index in [4.69, 9.17) is 10.5 Å². The van der Waals surface area contributed by atoms with E-state index < -0.39 is 0 Å². The molecule has 0 aliphatic carbocycles. The van der Waals surface area contributed by atoms with Crippen LogP contribution in [0.15, 0.2) is 30.3 Å². The first-order valence-electron chi connectivity index (χ1n) is 3.97. The first kappa shape index (κ1) is 12.2. The van der Waals surface area contributed by atoms with Gasteiger partial charge in [-0.05, 0) is 11.8 Å². The molecule has 0 heterocycles. The highest BCUT2D eigenvalue weighted by molar-refractivity contribution is 8.13. The molecule has 0 fully saturated rings. The number of aliphatic hydroxyl groups excluding tert-OH is 1. The molecule has 3 heteroatoms. The molecule has 0 aliphatic heterocycles. The molecule has 0 aliphatic rings. The van der Waals surface area contributed by atoms with Gasteiger partial charge in [-0.15, -0.1) is 0 Å². The fourth-order valence-corrected chi connectivity index (χ4v) is 1.18. The van der Waals surface area contributed by atoms with Crippen molar-refractivity contribution in [2.45, 2.75) is 6.42 Å². The van der Waals surface area contributed by atoms with Crippen molar-refractivity contribution in [3.8, 4) is 0 Å². The summed E-state index contributed by atoms with van der Waals surface area (Å²) in [6.07, 6.45) is 2.88. The molecule has 1 aromatic rings. The maximum atomic E-state index is 7.00. The van der Waals surface area contributed by atoms with E-state index in [-0.39, 0.29) is 0 Å². The Morgan fingerprint density at radius 2 is 1.85 bits per heavy atom. The van der Waals surface area contributed by atoms with Gasteiger partial charge in [0.1, 0.15) is 0 Å². The largest absolute Gasteiger partial charge is 0.400 e. The summed E-state index contributed by atoms with van der Waals surface area (Å²) >= 11 is 1.61. The second kappa shape index (κ2) is 7.83. The number of nitrogens with two attached hydrogens (primary N) is 1. The molecule has 1 rings (SSSR count). The molecule has 0 atom stereocenters. The lowest BCUT2D eigenvalue weighted by molar-refractivity contribution is -0.110. The van der Waals surface area contributed by atoms with Crippen LogP contribution in [0.1, 0.15) is 5.56 Å². The van der Waals surface area contributed by atoms with Crippen molar-refractivity contribution in [1.82, 2.24) is 0 Å². The molecular formula is C10H16NOS+. The Kier molecular flexibility index (Phi) is 7.35. The monoisotopic (exact) mass is 198 g/mol. The summed E-state index contributed by atoms with van der Waals surface area (Å²) < 4.78 is 0. The van der Waals surface area contributed by atoms with E-state index in [1.54, 1.807) is 11.8 Å². The van der Waals surface area contributed by atoms with Crippen LogP contribution in [-0.2, 0) is 6.42 Å². The Hall–Kier alpha value is -0.800. The average Bonchev–Trinajstić information content (AvgIpc) is 2.22. The minimum absolute atomic E-state index is 0.877. The van der Waals surface area contributed by atoms with E-state index >= 15 is 0 Å². The summed E-state index contributed by atoms with van der Waals surface area (Å²) in [5.74, 6) is 0. The highest BCUT2D eigenvalue weighted by Gasteiger charge is 2.00. The maximum absolute atomic E-state index is 7.00. The van der Waals surface area contributed by atoms with Crippen LogP contribution in [-0.4, -0.2) is 23.5 Å². The van der Waals surface area contributed by atoms with Crippen LogP contribution in [0.3, 0.4) is 0 Å². The SMILES string of the molecule is CO.CSC(=[NH2+])Cc1ccccc1. The van der Waals surface area contributed by atoms with Gasteiger partial charge >= 0.3 is 0 Å². The maximum Gasteiger partial charge on any atom is 0.211 e. The Morgan fingerprint density at radius 3 is 2.31 bits per heavy atom. The third-order valence-corrected chi connectivity index (χ3v) is 2.15. The lowest BCUT2D eigenvalue weighted by Gasteiger charge is -1.94. The van der Waals surface area contributed by atoms with Gasteiger partial charge in [-0.25, -0.2) is 0 Å². The van der Waals surface area contributed by atoms with Gasteiger partial charge < -0.3 is 5.11 Å². The van der Waals surface area contributed by atoms with E-state index in [9.17, 15) is 0 Å². The summed E-state index contributed by atoms with van der Waals surface area (Å²) in [7, 11) is 1.00. The predicted octanol–water partition coefficient (Wildman–Crippen LogP) is 0.358. The molecule has 0 amide bonds. The van der Waals surface area contributed by atoms with Crippen molar-refractivity contribution in [2.75, 3.05) is 13.4 Å². The second-order valence-electron chi connectivity index (χ2n) is 2.33. The zero-order valence-electron chi connectivity index (χ0n) is 8.03. The summed E-state index contributed by atoms with van der Waals surface area (Å²) in [5, 5.41) is 13.7. The molecular weight excluding hydrogens is 182 g/mol. The Morgan fingerprint density at radius 1 is 1.31 bits per heavy atom. The van der Waals surface area contributed by atoms with E-state index in [0.29, 0.717) is 0 Å². The smallest absolute Gasteiger partial charge is 0.211 e. The van der Waals surface area contributed by atoms with Crippen LogP contribution in [0.25, 0.3) is 0 Å². The highest BCUT2D eigenvalue weighted by atomic mass is 32.2. The van der Waals surface area contributed by atoms with Gasteiger partial charge in [-0.1, -0.05) is 42.1 Å².